The van der Waals surface area contributed by atoms with E-state index in [0.717, 1.165) is 21.4 Å². The minimum absolute atomic E-state index is 0.404. The summed E-state index contributed by atoms with van der Waals surface area (Å²) in [6, 6.07) is 33.8. The Hall–Kier alpha value is -3.15. The summed E-state index contributed by atoms with van der Waals surface area (Å²) in [6.45, 7) is 0. The summed E-state index contributed by atoms with van der Waals surface area (Å²) in [5, 5.41) is 5.44. The molecule has 0 aliphatic carbocycles. The van der Waals surface area contributed by atoms with Crippen LogP contribution in [0.15, 0.2) is 108 Å². The number of fused-ring (bicyclic) bond motifs is 1. The first-order valence-electron chi connectivity index (χ1n) is 8.85. The lowest BCUT2D eigenvalue weighted by molar-refractivity contribution is 0.590. The second-order valence-electron chi connectivity index (χ2n) is 6.41. The lowest BCUT2D eigenvalue weighted by atomic mass is 10.1. The molecule has 0 saturated heterocycles. The second-order valence-corrected chi connectivity index (χ2v) is 8.72. The monoisotopic (exact) mass is 367 g/mol. The molecule has 0 radical (unpaired) electrons. The van der Waals surface area contributed by atoms with Crippen LogP contribution in [0.25, 0.3) is 10.8 Å². The van der Waals surface area contributed by atoms with Crippen LogP contribution in [0.2, 0.25) is 0 Å². The van der Waals surface area contributed by atoms with Gasteiger partial charge in [0.2, 0.25) is 0 Å². The van der Waals surface area contributed by atoms with Gasteiger partial charge in [-0.1, -0.05) is 77.0 Å². The summed E-state index contributed by atoms with van der Waals surface area (Å²) >= 11 is 0. The van der Waals surface area contributed by atoms with E-state index < -0.39 is 9.93 Å². The minimum Gasteiger partial charge on any atom is -0.0836 e. The minimum atomic E-state index is -2.55. The van der Waals surface area contributed by atoms with Crippen molar-refractivity contribution in [1.29, 1.82) is 0 Å². The SMILES string of the molecule is O=[S+](C#Cc1ccccc1)(Cc1ccc2ccccc2c1)c1ccccc1. The Morgan fingerprint density at radius 2 is 1.30 bits per heavy atom. The Morgan fingerprint density at radius 1 is 0.667 bits per heavy atom. The molecule has 0 heterocycles. The Balaban J connectivity index is 1.76. The molecule has 4 aromatic carbocycles. The van der Waals surface area contributed by atoms with Gasteiger partial charge in [0.05, 0.1) is 0 Å². The van der Waals surface area contributed by atoms with E-state index in [-0.39, 0.29) is 0 Å². The number of hydrogen-bond acceptors (Lipinski definition) is 1. The molecule has 0 spiro atoms. The highest BCUT2D eigenvalue weighted by atomic mass is 32.2. The summed E-state index contributed by atoms with van der Waals surface area (Å²) in [4.78, 5) is 0.779. The predicted molar refractivity (Wildman–Crippen MR) is 114 cm³/mol. The van der Waals surface area contributed by atoms with E-state index in [1.54, 1.807) is 0 Å². The van der Waals surface area contributed by atoms with Crippen molar-refractivity contribution in [3.05, 3.63) is 114 Å². The zero-order valence-corrected chi connectivity index (χ0v) is 15.7. The molecule has 1 nitrogen and oxygen atoms in total. The predicted octanol–water partition coefficient (Wildman–Crippen LogP) is 5.91. The fourth-order valence-electron chi connectivity index (χ4n) is 3.04. The molecule has 0 aromatic heterocycles. The molecule has 0 fully saturated rings. The topological polar surface area (TPSA) is 17.1 Å². The van der Waals surface area contributed by atoms with E-state index in [4.69, 9.17) is 0 Å². The molecule has 0 saturated carbocycles. The van der Waals surface area contributed by atoms with E-state index in [2.05, 4.69) is 41.5 Å². The van der Waals surface area contributed by atoms with E-state index in [1.807, 2.05) is 72.8 Å². The van der Waals surface area contributed by atoms with Gasteiger partial charge in [-0.05, 0) is 47.0 Å². The van der Waals surface area contributed by atoms with Crippen LogP contribution in [0, 0.1) is 11.2 Å². The van der Waals surface area contributed by atoms with Crippen LogP contribution in [0.1, 0.15) is 11.1 Å². The van der Waals surface area contributed by atoms with Crippen LogP contribution >= 0.6 is 0 Å². The Kier molecular flexibility index (Phi) is 4.87. The molecule has 0 aliphatic rings. The summed E-state index contributed by atoms with van der Waals surface area (Å²) in [5.74, 6) is 3.52. The molecule has 130 valence electrons. The van der Waals surface area contributed by atoms with Gasteiger partial charge >= 0.3 is 0 Å². The largest absolute Gasteiger partial charge is 0.197 e. The maximum absolute atomic E-state index is 13.9. The van der Waals surface area contributed by atoms with Gasteiger partial charge in [0, 0.05) is 11.1 Å². The molecule has 1 atom stereocenters. The quantitative estimate of drug-likeness (QED) is 0.325. The van der Waals surface area contributed by atoms with E-state index >= 15 is 0 Å². The van der Waals surface area contributed by atoms with Gasteiger partial charge in [0.15, 0.2) is 25.8 Å². The first-order valence-corrected chi connectivity index (χ1v) is 10.6. The Bertz CT molecular complexity index is 1170. The molecule has 4 rings (SSSR count). The fourth-order valence-corrected chi connectivity index (χ4v) is 4.93. The molecule has 27 heavy (non-hydrogen) atoms. The lowest BCUT2D eigenvalue weighted by Gasteiger charge is -2.07. The van der Waals surface area contributed by atoms with Crippen molar-refractivity contribution in [2.45, 2.75) is 10.6 Å². The van der Waals surface area contributed by atoms with Gasteiger partial charge in [0.1, 0.15) is 0 Å². The third-order valence-corrected chi connectivity index (χ3v) is 6.65. The molecule has 2 heteroatoms. The van der Waals surface area contributed by atoms with Gasteiger partial charge in [-0.3, -0.25) is 0 Å². The maximum Gasteiger partial charge on any atom is 0.197 e. The molecular weight excluding hydrogens is 348 g/mol. The fraction of sp³-hybridized carbons (Fsp3) is 0.0400. The van der Waals surface area contributed by atoms with Crippen molar-refractivity contribution >= 4 is 20.7 Å². The van der Waals surface area contributed by atoms with Crippen molar-refractivity contribution in [3.63, 3.8) is 0 Å². The summed E-state index contributed by atoms with van der Waals surface area (Å²) in [6.07, 6.45) is 0. The summed E-state index contributed by atoms with van der Waals surface area (Å²) < 4.78 is 13.9. The van der Waals surface area contributed by atoms with Gasteiger partial charge in [-0.2, -0.15) is 0 Å². The molecular formula is C25H19OS+. The standard InChI is InChI=1S/C25H19OS/c26-27(25-13-5-2-6-14-25,18-17-21-9-3-1-4-10-21)20-22-15-16-23-11-7-8-12-24(23)19-22/h1-16,19H,20H2/q+1. The van der Waals surface area contributed by atoms with E-state index in [0.29, 0.717) is 5.75 Å². The van der Waals surface area contributed by atoms with Crippen molar-refractivity contribution in [3.8, 4) is 11.2 Å². The highest BCUT2D eigenvalue weighted by Gasteiger charge is 2.30. The van der Waals surface area contributed by atoms with Crippen molar-refractivity contribution in [2.24, 2.45) is 0 Å². The van der Waals surface area contributed by atoms with Gasteiger partial charge < -0.3 is 0 Å². The summed E-state index contributed by atoms with van der Waals surface area (Å²) in [5.41, 5.74) is 1.91. The van der Waals surface area contributed by atoms with Crippen molar-refractivity contribution in [2.75, 3.05) is 0 Å². The van der Waals surface area contributed by atoms with Crippen molar-refractivity contribution < 1.29 is 4.21 Å². The normalized spacial score (nSPS) is 12.7. The molecule has 4 aromatic rings. The Labute approximate surface area is 161 Å². The van der Waals surface area contributed by atoms with E-state index in [9.17, 15) is 4.21 Å². The average molecular weight is 367 g/mol. The number of hydrogen-bond donors (Lipinski definition) is 0. The smallest absolute Gasteiger partial charge is 0.0836 e. The highest BCUT2D eigenvalue weighted by Crippen LogP contribution is 2.26. The van der Waals surface area contributed by atoms with Crippen LogP contribution in [0.5, 0.6) is 0 Å². The zero-order chi connectivity index (χ0) is 18.5. The van der Waals surface area contributed by atoms with Crippen molar-refractivity contribution in [1.82, 2.24) is 0 Å². The average Bonchev–Trinajstić information content (AvgIpc) is 2.74. The zero-order valence-electron chi connectivity index (χ0n) is 14.8. The van der Waals surface area contributed by atoms with Crippen LogP contribution in [0.3, 0.4) is 0 Å². The molecule has 0 aliphatic heterocycles. The van der Waals surface area contributed by atoms with Crippen LogP contribution < -0.4 is 0 Å². The summed E-state index contributed by atoms with van der Waals surface area (Å²) in [7, 11) is -2.55. The first kappa shape index (κ1) is 17.3. The third kappa shape index (κ3) is 4.00. The molecule has 0 amide bonds. The number of rotatable bonds is 3. The Morgan fingerprint density at radius 3 is 2.04 bits per heavy atom. The molecule has 0 bridgehead atoms. The van der Waals surface area contributed by atoms with Crippen LogP contribution in [0.4, 0.5) is 0 Å². The maximum atomic E-state index is 13.9. The molecule has 1 unspecified atom stereocenters. The van der Waals surface area contributed by atoms with Crippen LogP contribution in [-0.2, 0) is 19.9 Å². The van der Waals surface area contributed by atoms with E-state index in [1.165, 1.54) is 5.39 Å². The van der Waals surface area contributed by atoms with Gasteiger partial charge in [-0.25, -0.2) is 0 Å². The van der Waals surface area contributed by atoms with Crippen LogP contribution in [-0.4, -0.2) is 0 Å². The van der Waals surface area contributed by atoms with Gasteiger partial charge in [-0.15, -0.1) is 0 Å². The first-order chi connectivity index (χ1) is 13.2. The highest BCUT2D eigenvalue weighted by molar-refractivity contribution is 8.06. The van der Waals surface area contributed by atoms with Gasteiger partial charge in [0.25, 0.3) is 0 Å². The third-order valence-electron chi connectivity index (χ3n) is 4.44. The molecule has 0 N–H and O–H groups in total. The number of benzene rings is 4. The second kappa shape index (κ2) is 7.61. The lowest BCUT2D eigenvalue weighted by Crippen LogP contribution is -2.12.